The minimum Gasteiger partial charge on any atom is -0.0628 e. The molecule has 0 amide bonds. The molecule has 0 spiro atoms. The predicted molar refractivity (Wildman–Crippen MR) is 154 cm³/mol. The third-order valence-electron chi connectivity index (χ3n) is 13.2. The highest BCUT2D eigenvalue weighted by atomic mass is 14.6. The van der Waals surface area contributed by atoms with Gasteiger partial charge in [0.25, 0.3) is 0 Å². The lowest BCUT2D eigenvalue weighted by Gasteiger charge is -2.62. The summed E-state index contributed by atoms with van der Waals surface area (Å²) in [4.78, 5) is 0. The fourth-order valence-electron chi connectivity index (χ4n) is 10.9. The third kappa shape index (κ3) is 5.72. The number of hydrogen-bond acceptors (Lipinski definition) is 0. The molecule has 0 aromatic rings. The topological polar surface area (TPSA) is 0 Å². The van der Waals surface area contributed by atoms with E-state index in [1.807, 2.05) is 0 Å². The first-order valence-electron chi connectivity index (χ1n) is 16.6. The smallest absolute Gasteiger partial charge is 0.0264 e. The van der Waals surface area contributed by atoms with E-state index in [9.17, 15) is 0 Å². The summed E-state index contributed by atoms with van der Waals surface area (Å²) in [6.45, 7) is 20.4. The number of hydrogen-bond donors (Lipinski definition) is 0. The summed E-state index contributed by atoms with van der Waals surface area (Å²) < 4.78 is 0. The first kappa shape index (κ1) is 28.0. The van der Waals surface area contributed by atoms with Gasteiger partial charge in [-0.25, -0.2) is 0 Å². The molecule has 4 aliphatic carbocycles. The first-order chi connectivity index (χ1) is 16.6. The average molecular weight is 485 g/mol. The molecule has 4 saturated carbocycles. The second-order valence-electron chi connectivity index (χ2n) is 16.0. The summed E-state index contributed by atoms with van der Waals surface area (Å²) in [7, 11) is 0. The lowest BCUT2D eigenvalue weighted by Crippen LogP contribution is -2.54. The van der Waals surface area contributed by atoms with Gasteiger partial charge in [0.15, 0.2) is 0 Å². The zero-order valence-corrected chi connectivity index (χ0v) is 25.4. The molecule has 204 valence electrons. The van der Waals surface area contributed by atoms with Crippen LogP contribution in [0.4, 0.5) is 0 Å². The van der Waals surface area contributed by atoms with Crippen molar-refractivity contribution in [1.29, 1.82) is 0 Å². The van der Waals surface area contributed by atoms with E-state index < -0.39 is 0 Å². The molecule has 0 aliphatic heterocycles. The molecule has 0 bridgehead atoms. The van der Waals surface area contributed by atoms with E-state index >= 15 is 0 Å². The summed E-state index contributed by atoms with van der Waals surface area (Å²) in [5.41, 5.74) is 1.32. The van der Waals surface area contributed by atoms with Crippen LogP contribution in [0.25, 0.3) is 0 Å². The second kappa shape index (κ2) is 11.4. The van der Waals surface area contributed by atoms with E-state index in [0.717, 1.165) is 59.2 Å². The normalized spacial score (nSPS) is 43.0. The van der Waals surface area contributed by atoms with Crippen molar-refractivity contribution in [3.63, 3.8) is 0 Å². The first-order valence-corrected chi connectivity index (χ1v) is 16.6. The largest absolute Gasteiger partial charge is 0.0628 e. The standard InChI is InChI=1S/C35H64/c1-24(2)11-9-13-26(5)28-19-21-34(7)29(23-28)15-16-30-32-18-17-31(27(6)14-10-12-25(3)4)35(32,8)22-20-33(30)34/h24-33H,9-23H2,1-8H3/t26?,27-,28?,29?,30+,31-,32+,33+,34+,35-/m1/s1. The van der Waals surface area contributed by atoms with E-state index in [-0.39, 0.29) is 0 Å². The molecule has 0 saturated heterocycles. The Labute approximate surface area is 221 Å². The maximum atomic E-state index is 2.79. The van der Waals surface area contributed by atoms with Crippen LogP contribution >= 0.6 is 0 Å². The van der Waals surface area contributed by atoms with Crippen molar-refractivity contribution >= 4 is 0 Å². The molecular weight excluding hydrogens is 420 g/mol. The van der Waals surface area contributed by atoms with E-state index in [4.69, 9.17) is 0 Å². The average Bonchev–Trinajstić information content (AvgIpc) is 3.15. The van der Waals surface area contributed by atoms with Gasteiger partial charge in [-0.2, -0.15) is 0 Å². The van der Waals surface area contributed by atoms with Gasteiger partial charge in [0.1, 0.15) is 0 Å². The zero-order valence-electron chi connectivity index (χ0n) is 25.4. The molecular formula is C35H64. The maximum absolute atomic E-state index is 2.79. The van der Waals surface area contributed by atoms with Crippen molar-refractivity contribution in [2.45, 2.75) is 152 Å². The highest BCUT2D eigenvalue weighted by molar-refractivity contribution is 5.09. The SMILES string of the molecule is CC(C)CCCC(C)C1CC[C@@]2(C)C(CC[C@H]3[C@@H]4CC[C@H]([C@H](C)CCCC(C)C)[C@@]4(C)CC[C@@H]32)C1. The highest BCUT2D eigenvalue weighted by Gasteiger charge is 2.60. The molecule has 0 aromatic carbocycles. The fourth-order valence-corrected chi connectivity index (χ4v) is 10.9. The molecule has 3 unspecified atom stereocenters. The van der Waals surface area contributed by atoms with Crippen molar-refractivity contribution < 1.29 is 0 Å². The fraction of sp³-hybridized carbons (Fsp3) is 1.00. The van der Waals surface area contributed by atoms with Gasteiger partial charge >= 0.3 is 0 Å². The van der Waals surface area contributed by atoms with Gasteiger partial charge in [0.2, 0.25) is 0 Å². The van der Waals surface area contributed by atoms with Crippen LogP contribution in [-0.4, -0.2) is 0 Å². The molecule has 35 heavy (non-hydrogen) atoms. The number of rotatable bonds is 10. The van der Waals surface area contributed by atoms with Crippen molar-refractivity contribution in [3.8, 4) is 0 Å². The molecule has 0 heteroatoms. The van der Waals surface area contributed by atoms with Gasteiger partial charge in [0.05, 0.1) is 0 Å². The van der Waals surface area contributed by atoms with Crippen molar-refractivity contribution in [1.82, 2.24) is 0 Å². The Morgan fingerprint density at radius 3 is 1.86 bits per heavy atom. The van der Waals surface area contributed by atoms with Gasteiger partial charge in [-0.15, -0.1) is 0 Å². The Kier molecular flexibility index (Phi) is 9.12. The maximum Gasteiger partial charge on any atom is -0.0264 e. The predicted octanol–water partition coefficient (Wildman–Crippen LogP) is 11.2. The summed E-state index contributed by atoms with van der Waals surface area (Å²) in [6, 6.07) is 0. The molecule has 4 aliphatic rings. The molecule has 0 aromatic heterocycles. The monoisotopic (exact) mass is 485 g/mol. The number of fused-ring (bicyclic) bond motifs is 5. The molecule has 4 fully saturated rings. The van der Waals surface area contributed by atoms with Crippen molar-refractivity contribution in [2.24, 2.45) is 70.0 Å². The van der Waals surface area contributed by atoms with Crippen molar-refractivity contribution in [3.05, 3.63) is 0 Å². The third-order valence-corrected chi connectivity index (χ3v) is 13.2. The van der Waals surface area contributed by atoms with Gasteiger partial charge in [-0.3, -0.25) is 0 Å². The van der Waals surface area contributed by atoms with Crippen LogP contribution in [0.1, 0.15) is 152 Å². The van der Waals surface area contributed by atoms with Crippen LogP contribution in [0.3, 0.4) is 0 Å². The van der Waals surface area contributed by atoms with Crippen LogP contribution in [0.15, 0.2) is 0 Å². The van der Waals surface area contributed by atoms with Crippen molar-refractivity contribution in [2.75, 3.05) is 0 Å². The van der Waals surface area contributed by atoms with Gasteiger partial charge in [-0.1, -0.05) is 93.9 Å². The Morgan fingerprint density at radius 1 is 0.600 bits per heavy atom. The molecule has 4 rings (SSSR count). The van der Waals surface area contributed by atoms with Crippen LogP contribution in [-0.2, 0) is 0 Å². The van der Waals surface area contributed by atoms with Crippen LogP contribution in [0.2, 0.25) is 0 Å². The molecule has 0 N–H and O–H groups in total. The summed E-state index contributed by atoms with van der Waals surface area (Å²) in [6.07, 6.45) is 22.8. The summed E-state index contributed by atoms with van der Waals surface area (Å²) in [5, 5.41) is 0. The van der Waals surface area contributed by atoms with Crippen LogP contribution < -0.4 is 0 Å². The Bertz CT molecular complexity index is 661. The van der Waals surface area contributed by atoms with Crippen LogP contribution in [0.5, 0.6) is 0 Å². The zero-order chi connectivity index (χ0) is 25.4. The highest BCUT2D eigenvalue weighted by Crippen LogP contribution is 2.69. The minimum absolute atomic E-state index is 0.656. The van der Waals surface area contributed by atoms with Crippen LogP contribution in [0, 0.1) is 70.0 Å². The minimum atomic E-state index is 0.656. The summed E-state index contributed by atoms with van der Waals surface area (Å²) >= 11 is 0. The van der Waals surface area contributed by atoms with E-state index in [2.05, 4.69) is 55.4 Å². The molecule has 0 radical (unpaired) electrons. The molecule has 10 atom stereocenters. The molecule has 0 nitrogen and oxygen atoms in total. The lowest BCUT2D eigenvalue weighted by molar-refractivity contribution is -0.124. The quantitative estimate of drug-likeness (QED) is 0.289. The lowest BCUT2D eigenvalue weighted by atomic mass is 9.43. The second-order valence-corrected chi connectivity index (χ2v) is 16.0. The summed E-state index contributed by atoms with van der Waals surface area (Å²) in [5.74, 6) is 9.87. The molecule has 0 heterocycles. The van der Waals surface area contributed by atoms with E-state index in [1.165, 1.54) is 44.9 Å². The van der Waals surface area contributed by atoms with Gasteiger partial charge in [-0.05, 0) is 128 Å². The van der Waals surface area contributed by atoms with Gasteiger partial charge in [0, 0.05) is 0 Å². The Hall–Kier alpha value is 0. The van der Waals surface area contributed by atoms with Gasteiger partial charge < -0.3 is 0 Å². The van der Waals surface area contributed by atoms with E-state index in [0.29, 0.717) is 10.8 Å². The van der Waals surface area contributed by atoms with E-state index in [1.54, 1.807) is 51.4 Å². The Balaban J connectivity index is 1.37. The Morgan fingerprint density at radius 2 is 1.20 bits per heavy atom.